The van der Waals surface area contributed by atoms with Crippen molar-refractivity contribution in [1.29, 1.82) is 0 Å². The van der Waals surface area contributed by atoms with Gasteiger partial charge in [0, 0.05) is 15.2 Å². The number of benzene rings is 1. The van der Waals surface area contributed by atoms with Crippen molar-refractivity contribution in [2.24, 2.45) is 0 Å². The van der Waals surface area contributed by atoms with E-state index in [9.17, 15) is 4.79 Å². The molecule has 1 unspecified atom stereocenters. The number of hydrogen-bond donors (Lipinski definition) is 2. The lowest BCUT2D eigenvalue weighted by Gasteiger charge is -2.13. The van der Waals surface area contributed by atoms with Crippen LogP contribution in [0.4, 0.5) is 0 Å². The van der Waals surface area contributed by atoms with E-state index in [1.807, 2.05) is 12.1 Å². The van der Waals surface area contributed by atoms with Crippen molar-refractivity contribution in [3.63, 3.8) is 0 Å². The molecule has 0 spiro atoms. The van der Waals surface area contributed by atoms with Crippen LogP contribution in [0.1, 0.15) is 10.9 Å². The van der Waals surface area contributed by atoms with Gasteiger partial charge < -0.3 is 5.11 Å². The Morgan fingerprint density at radius 1 is 1.62 bits per heavy atom. The Balaban J connectivity index is 2.17. The molecule has 0 amide bonds. The molecule has 1 heterocycles. The number of carboxylic acid groups (broad SMARTS) is 1. The minimum absolute atomic E-state index is 0.00717. The van der Waals surface area contributed by atoms with Crippen molar-refractivity contribution in [3.8, 4) is 0 Å². The monoisotopic (exact) mass is 321 g/mol. The van der Waals surface area contributed by atoms with Gasteiger partial charge in [0.25, 0.3) is 0 Å². The van der Waals surface area contributed by atoms with E-state index in [1.165, 1.54) is 0 Å². The molecule has 0 bridgehead atoms. The van der Waals surface area contributed by atoms with Crippen molar-refractivity contribution in [2.45, 2.75) is 11.4 Å². The molecule has 1 saturated heterocycles. The van der Waals surface area contributed by atoms with Crippen molar-refractivity contribution in [1.82, 2.24) is 5.32 Å². The third kappa shape index (κ3) is 2.53. The fraction of sp³-hybridized carbons (Fsp3) is 0.300. The molecule has 6 heteroatoms. The van der Waals surface area contributed by atoms with E-state index in [2.05, 4.69) is 21.2 Å². The van der Waals surface area contributed by atoms with Crippen LogP contribution >= 0.6 is 39.3 Å². The quantitative estimate of drug-likeness (QED) is 0.879. The van der Waals surface area contributed by atoms with Crippen molar-refractivity contribution in [2.75, 3.05) is 5.75 Å². The predicted octanol–water partition coefficient (Wildman–Crippen LogP) is 2.89. The summed E-state index contributed by atoms with van der Waals surface area (Å²) in [6, 6.07) is 5.05. The Labute approximate surface area is 111 Å². The second-order valence-electron chi connectivity index (χ2n) is 3.44. The maximum absolute atomic E-state index is 10.8. The number of thioether (sulfide) groups is 1. The van der Waals surface area contributed by atoms with Gasteiger partial charge in [0.2, 0.25) is 0 Å². The summed E-state index contributed by atoms with van der Waals surface area (Å²) in [5.74, 6) is -0.227. The Hall–Kier alpha value is -0.230. The number of carbonyl (C=O) groups is 1. The Kier molecular flexibility index (Phi) is 3.79. The zero-order valence-corrected chi connectivity index (χ0v) is 11.3. The molecule has 3 nitrogen and oxygen atoms in total. The molecule has 0 saturated carbocycles. The van der Waals surface area contributed by atoms with Gasteiger partial charge in [-0.1, -0.05) is 33.6 Å². The van der Waals surface area contributed by atoms with Crippen molar-refractivity contribution >= 4 is 45.3 Å². The molecular weight excluding hydrogens is 314 g/mol. The summed E-state index contributed by atoms with van der Waals surface area (Å²) in [7, 11) is 0. The van der Waals surface area contributed by atoms with Crippen LogP contribution < -0.4 is 5.32 Å². The van der Waals surface area contributed by atoms with Gasteiger partial charge in [0.05, 0.1) is 5.37 Å². The Morgan fingerprint density at radius 3 is 2.94 bits per heavy atom. The van der Waals surface area contributed by atoms with Crippen LogP contribution in [0.2, 0.25) is 5.02 Å². The molecule has 2 rings (SSSR count). The molecule has 2 atom stereocenters. The number of hydrogen-bond acceptors (Lipinski definition) is 3. The standard InChI is InChI=1S/C10H9BrClNO2S/c11-7-3-5(12)1-2-6(7)9-13-8(4-16-9)10(14)15/h1-3,8-9,13H,4H2,(H,14,15)/t8-,9?/m1/s1. The molecule has 1 aromatic carbocycles. The van der Waals surface area contributed by atoms with Gasteiger partial charge in [-0.25, -0.2) is 0 Å². The van der Waals surface area contributed by atoms with Crippen LogP contribution in [0.15, 0.2) is 22.7 Å². The second-order valence-corrected chi connectivity index (χ2v) is 5.87. The molecule has 1 fully saturated rings. The highest BCUT2D eigenvalue weighted by Crippen LogP contribution is 2.37. The number of nitrogens with one attached hydrogen (secondary N) is 1. The number of carboxylic acids is 1. The first-order chi connectivity index (χ1) is 7.58. The summed E-state index contributed by atoms with van der Waals surface area (Å²) >= 11 is 10.9. The summed E-state index contributed by atoms with van der Waals surface area (Å²) < 4.78 is 0.899. The van der Waals surface area contributed by atoms with E-state index in [-0.39, 0.29) is 5.37 Å². The van der Waals surface area contributed by atoms with Crippen LogP contribution in [-0.2, 0) is 4.79 Å². The Morgan fingerprint density at radius 2 is 2.38 bits per heavy atom. The lowest BCUT2D eigenvalue weighted by molar-refractivity contribution is -0.138. The molecule has 0 aliphatic carbocycles. The molecular formula is C10H9BrClNO2S. The van der Waals surface area contributed by atoms with Gasteiger partial charge >= 0.3 is 5.97 Å². The lowest BCUT2D eigenvalue weighted by Crippen LogP contribution is -2.33. The number of halogens is 2. The highest BCUT2D eigenvalue weighted by molar-refractivity contribution is 9.10. The van der Waals surface area contributed by atoms with Crippen LogP contribution in [0.25, 0.3) is 0 Å². The molecule has 1 aliphatic rings. The average Bonchev–Trinajstić information content (AvgIpc) is 2.66. The smallest absolute Gasteiger partial charge is 0.321 e. The molecule has 0 radical (unpaired) electrons. The highest BCUT2D eigenvalue weighted by Gasteiger charge is 2.31. The van der Waals surface area contributed by atoms with Gasteiger partial charge in [-0.15, -0.1) is 11.8 Å². The fourth-order valence-electron chi connectivity index (χ4n) is 1.51. The minimum atomic E-state index is -0.805. The minimum Gasteiger partial charge on any atom is -0.480 e. The molecule has 0 aromatic heterocycles. The van der Waals surface area contributed by atoms with Crippen LogP contribution in [0, 0.1) is 0 Å². The number of rotatable bonds is 2. The molecule has 16 heavy (non-hydrogen) atoms. The molecule has 1 aliphatic heterocycles. The van der Waals surface area contributed by atoms with E-state index in [1.54, 1.807) is 17.8 Å². The van der Waals surface area contributed by atoms with Gasteiger partial charge in [0.15, 0.2) is 0 Å². The van der Waals surface area contributed by atoms with E-state index in [0.717, 1.165) is 10.0 Å². The van der Waals surface area contributed by atoms with E-state index < -0.39 is 12.0 Å². The molecule has 2 N–H and O–H groups in total. The third-order valence-electron chi connectivity index (χ3n) is 2.33. The first-order valence-corrected chi connectivity index (χ1v) is 6.85. The SMILES string of the molecule is O=C(O)[C@H]1CSC(c2ccc(Cl)cc2Br)N1. The van der Waals surface area contributed by atoms with Crippen molar-refractivity contribution in [3.05, 3.63) is 33.3 Å². The molecule has 86 valence electrons. The largest absolute Gasteiger partial charge is 0.480 e. The predicted molar refractivity (Wildman–Crippen MR) is 68.9 cm³/mol. The maximum Gasteiger partial charge on any atom is 0.321 e. The summed E-state index contributed by atoms with van der Waals surface area (Å²) in [5, 5.41) is 12.6. The van der Waals surface area contributed by atoms with E-state index in [4.69, 9.17) is 16.7 Å². The third-order valence-corrected chi connectivity index (χ3v) is 4.50. The maximum atomic E-state index is 10.8. The lowest BCUT2D eigenvalue weighted by atomic mass is 10.2. The van der Waals surface area contributed by atoms with Crippen molar-refractivity contribution < 1.29 is 9.90 Å². The summed E-state index contributed by atoms with van der Waals surface area (Å²) in [6.07, 6.45) is 0. The summed E-state index contributed by atoms with van der Waals surface area (Å²) in [5.41, 5.74) is 1.03. The Bertz CT molecular complexity index is 429. The van der Waals surface area contributed by atoms with Gasteiger partial charge in [0.1, 0.15) is 6.04 Å². The molecule has 1 aromatic rings. The second kappa shape index (κ2) is 4.96. The zero-order valence-electron chi connectivity index (χ0n) is 8.11. The first-order valence-electron chi connectivity index (χ1n) is 4.63. The van der Waals surface area contributed by atoms with Gasteiger partial charge in [-0.3, -0.25) is 10.1 Å². The van der Waals surface area contributed by atoms with Crippen LogP contribution in [0.5, 0.6) is 0 Å². The van der Waals surface area contributed by atoms with Crippen LogP contribution in [-0.4, -0.2) is 22.9 Å². The fourth-order valence-corrected chi connectivity index (χ4v) is 3.84. The number of aliphatic carboxylic acids is 1. The zero-order chi connectivity index (χ0) is 11.7. The van der Waals surface area contributed by atoms with Crippen LogP contribution in [0.3, 0.4) is 0 Å². The van der Waals surface area contributed by atoms with E-state index in [0.29, 0.717) is 10.8 Å². The van der Waals surface area contributed by atoms with Gasteiger partial charge in [-0.05, 0) is 17.7 Å². The van der Waals surface area contributed by atoms with Gasteiger partial charge in [-0.2, -0.15) is 0 Å². The summed E-state index contributed by atoms with van der Waals surface area (Å²) in [6.45, 7) is 0. The topological polar surface area (TPSA) is 49.3 Å². The van der Waals surface area contributed by atoms with E-state index >= 15 is 0 Å². The highest BCUT2D eigenvalue weighted by atomic mass is 79.9. The first kappa shape index (κ1) is 12.2. The average molecular weight is 323 g/mol. The summed E-state index contributed by atoms with van der Waals surface area (Å²) in [4.78, 5) is 10.8. The normalized spacial score (nSPS) is 24.6.